The second-order valence-corrected chi connectivity index (χ2v) is 18.3. The highest BCUT2D eigenvalue weighted by Crippen LogP contribution is 2.68. The average molecular weight is 671 g/mol. The molecule has 0 spiro atoms. The number of nitrogens with zero attached hydrogens (tertiary/aromatic N) is 1. The van der Waals surface area contributed by atoms with Crippen molar-refractivity contribution in [2.45, 2.75) is 137 Å². The minimum Gasteiger partial charge on any atom is -0.476 e. The van der Waals surface area contributed by atoms with Gasteiger partial charge in [-0.3, -0.25) is 4.79 Å². The van der Waals surface area contributed by atoms with Gasteiger partial charge in [0.1, 0.15) is 12.0 Å². The Kier molecular flexibility index (Phi) is 10.1. The summed E-state index contributed by atoms with van der Waals surface area (Å²) in [7, 11) is 0. The molecule has 0 aromatic carbocycles. The van der Waals surface area contributed by atoms with Crippen molar-refractivity contribution in [3.8, 4) is 5.88 Å². The summed E-state index contributed by atoms with van der Waals surface area (Å²) in [5, 5.41) is 0. The number of nitrogens with two attached hydrogens (primary N) is 1. The van der Waals surface area contributed by atoms with Gasteiger partial charge < -0.3 is 15.2 Å². The molecule has 2 N–H and O–H groups in total. The molecule has 1 aromatic heterocycles. The van der Waals surface area contributed by atoms with Crippen molar-refractivity contribution in [1.82, 2.24) is 4.98 Å². The minimum absolute atomic E-state index is 0.0181. The van der Waals surface area contributed by atoms with Crippen LogP contribution in [0, 0.1) is 51.2 Å². The van der Waals surface area contributed by atoms with E-state index >= 15 is 0 Å². The lowest BCUT2D eigenvalue weighted by Crippen LogP contribution is -2.57. The molecule has 9 atom stereocenters. The average Bonchev–Trinajstić information content (AvgIpc) is 3.40. The van der Waals surface area contributed by atoms with Crippen LogP contribution < -0.4 is 10.5 Å². The van der Waals surface area contributed by atoms with E-state index in [2.05, 4.69) is 65.3 Å². The standard InChI is InChI=1S/C44H66N2O3/c1-9-48-39(47)43(29-49-38-15-10-11-28-46-38)24-17-32(18-25-43)34-20-22-42(8)36(40(34,5)6)21-23-41(7)31(4)16-26-44(45)27-19-33(30(2)3)35(44)13-12-14-37(41)42/h10-11,15,17,20,28,31,33,35-37H,2,9,12-14,16,18-19,21-27,29,45H2,1,3-8H3/t31-,33+,35?,36?,37?,41+,42+,43?,44-/m1/s1. The van der Waals surface area contributed by atoms with E-state index in [4.69, 9.17) is 15.2 Å². The van der Waals surface area contributed by atoms with Crippen molar-refractivity contribution < 1.29 is 14.3 Å². The maximum absolute atomic E-state index is 13.4. The number of rotatable bonds is 7. The lowest BCUT2D eigenvalue weighted by molar-refractivity contribution is -0.158. The summed E-state index contributed by atoms with van der Waals surface area (Å²) in [6.07, 6.45) is 21.3. The van der Waals surface area contributed by atoms with Crippen LogP contribution in [0.4, 0.5) is 0 Å². The molecule has 5 heteroatoms. The van der Waals surface area contributed by atoms with Crippen LogP contribution in [-0.4, -0.2) is 29.7 Å². The third-order valence-electron chi connectivity index (χ3n) is 15.4. The topological polar surface area (TPSA) is 74.4 Å². The highest BCUT2D eigenvalue weighted by Gasteiger charge is 2.60. The summed E-state index contributed by atoms with van der Waals surface area (Å²) < 4.78 is 11.7. The summed E-state index contributed by atoms with van der Waals surface area (Å²) >= 11 is 0. The van der Waals surface area contributed by atoms with Crippen LogP contribution in [0.5, 0.6) is 5.88 Å². The number of ether oxygens (including phenoxy) is 2. The highest BCUT2D eigenvalue weighted by molar-refractivity contribution is 5.78. The van der Waals surface area contributed by atoms with Crippen LogP contribution in [0.25, 0.3) is 0 Å². The minimum atomic E-state index is -0.687. The normalized spacial score (nSPS) is 40.4. The van der Waals surface area contributed by atoms with Crippen molar-refractivity contribution >= 4 is 5.97 Å². The SMILES string of the molecule is C=C(C)[C@@H]1CC[C@]2(N)CC[C@@H](C)[C@]3(C)CCC4C(C)(C)C(C5=CCC(COc6ccccn6)(C(=O)OCC)CC5)=CC[C@]4(C)C3CCCC12. The van der Waals surface area contributed by atoms with E-state index in [1.165, 1.54) is 61.7 Å². The molecule has 0 radical (unpaired) electrons. The van der Waals surface area contributed by atoms with E-state index in [1.54, 1.807) is 6.20 Å². The summed E-state index contributed by atoms with van der Waals surface area (Å²) in [4.78, 5) is 17.8. The van der Waals surface area contributed by atoms with Gasteiger partial charge in [0.2, 0.25) is 5.88 Å². The Bertz CT molecular complexity index is 1450. The molecular formula is C44H66N2O3. The van der Waals surface area contributed by atoms with Crippen LogP contribution in [0.3, 0.4) is 0 Å². The third-order valence-corrected chi connectivity index (χ3v) is 15.4. The van der Waals surface area contributed by atoms with E-state index in [-0.39, 0.29) is 28.9 Å². The second kappa shape index (κ2) is 13.6. The Morgan fingerprint density at radius 3 is 2.41 bits per heavy atom. The molecule has 6 rings (SSSR count). The van der Waals surface area contributed by atoms with Gasteiger partial charge in [0.25, 0.3) is 0 Å². The fourth-order valence-corrected chi connectivity index (χ4v) is 12.4. The molecule has 1 aromatic rings. The Morgan fingerprint density at radius 1 is 0.959 bits per heavy atom. The van der Waals surface area contributed by atoms with Gasteiger partial charge in [-0.05, 0) is 154 Å². The highest BCUT2D eigenvalue weighted by atomic mass is 16.5. The van der Waals surface area contributed by atoms with Crippen molar-refractivity contribution in [2.24, 2.45) is 57.0 Å². The Labute approximate surface area is 298 Å². The van der Waals surface area contributed by atoms with E-state index in [1.807, 2.05) is 25.1 Å². The van der Waals surface area contributed by atoms with Gasteiger partial charge >= 0.3 is 5.97 Å². The van der Waals surface area contributed by atoms with Gasteiger partial charge in [0.15, 0.2) is 0 Å². The number of allylic oxidation sites excluding steroid dienone is 5. The van der Waals surface area contributed by atoms with E-state index in [0.717, 1.165) is 32.1 Å². The zero-order valence-electron chi connectivity index (χ0n) is 31.9. The maximum Gasteiger partial charge on any atom is 0.315 e. The number of esters is 1. The van der Waals surface area contributed by atoms with Crippen molar-refractivity contribution in [1.29, 1.82) is 0 Å². The first-order chi connectivity index (χ1) is 23.2. The van der Waals surface area contributed by atoms with Gasteiger partial charge in [-0.1, -0.05) is 71.4 Å². The molecule has 0 saturated heterocycles. The lowest BCUT2D eigenvalue weighted by atomic mass is 9.40. The van der Waals surface area contributed by atoms with E-state index in [0.29, 0.717) is 53.9 Å². The molecule has 5 aliphatic rings. The zero-order chi connectivity index (χ0) is 35.2. The van der Waals surface area contributed by atoms with Crippen LogP contribution in [-0.2, 0) is 9.53 Å². The number of aromatic nitrogens is 1. The molecule has 49 heavy (non-hydrogen) atoms. The van der Waals surface area contributed by atoms with E-state index in [9.17, 15) is 4.79 Å². The molecule has 270 valence electrons. The van der Waals surface area contributed by atoms with Gasteiger partial charge in [-0.2, -0.15) is 0 Å². The Balaban J connectivity index is 1.25. The monoisotopic (exact) mass is 671 g/mol. The van der Waals surface area contributed by atoms with Crippen molar-refractivity contribution in [3.05, 3.63) is 59.8 Å². The predicted octanol–water partition coefficient (Wildman–Crippen LogP) is 10.4. The maximum atomic E-state index is 13.4. The molecule has 0 amide bonds. The van der Waals surface area contributed by atoms with Crippen LogP contribution in [0.1, 0.15) is 132 Å². The molecule has 3 fully saturated rings. The van der Waals surface area contributed by atoms with Crippen LogP contribution in [0.15, 0.2) is 59.8 Å². The summed E-state index contributed by atoms with van der Waals surface area (Å²) in [5.74, 6) is 3.56. The quantitative estimate of drug-likeness (QED) is 0.231. The molecule has 3 saturated carbocycles. The number of hydrogen-bond donors (Lipinski definition) is 1. The van der Waals surface area contributed by atoms with Gasteiger partial charge in [-0.15, -0.1) is 0 Å². The Hall–Kier alpha value is -2.40. The molecule has 5 nitrogen and oxygen atoms in total. The molecule has 4 unspecified atom stereocenters. The first-order valence-corrected chi connectivity index (χ1v) is 19.8. The van der Waals surface area contributed by atoms with E-state index < -0.39 is 5.41 Å². The van der Waals surface area contributed by atoms with Gasteiger partial charge in [0, 0.05) is 17.8 Å². The predicted molar refractivity (Wildman–Crippen MR) is 200 cm³/mol. The smallest absolute Gasteiger partial charge is 0.315 e. The fourth-order valence-electron chi connectivity index (χ4n) is 12.4. The third kappa shape index (κ3) is 6.38. The number of carbonyl (C=O) groups is 1. The number of hydrogen-bond acceptors (Lipinski definition) is 5. The summed E-state index contributed by atoms with van der Waals surface area (Å²) in [5.41, 5.74) is 11.6. The number of carbonyl (C=O) groups excluding carboxylic acids is 1. The summed E-state index contributed by atoms with van der Waals surface area (Å²) in [6.45, 7) is 22.2. The fraction of sp³-hybridized carbons (Fsp3) is 0.727. The van der Waals surface area contributed by atoms with Crippen molar-refractivity contribution in [3.63, 3.8) is 0 Å². The molecule has 0 bridgehead atoms. The first kappa shape index (κ1) is 36.4. The summed E-state index contributed by atoms with van der Waals surface area (Å²) in [6, 6.07) is 5.64. The molecule has 1 heterocycles. The molecule has 5 aliphatic carbocycles. The first-order valence-electron chi connectivity index (χ1n) is 19.8. The zero-order valence-corrected chi connectivity index (χ0v) is 31.9. The molecule has 0 aliphatic heterocycles. The second-order valence-electron chi connectivity index (χ2n) is 18.3. The lowest BCUT2D eigenvalue weighted by Gasteiger charge is -2.64. The molecular weight excluding hydrogens is 604 g/mol. The van der Waals surface area contributed by atoms with Crippen LogP contribution in [0.2, 0.25) is 0 Å². The number of fused-ring (bicyclic) bond motifs is 4. The Morgan fingerprint density at radius 2 is 1.73 bits per heavy atom. The van der Waals surface area contributed by atoms with Crippen molar-refractivity contribution in [2.75, 3.05) is 13.2 Å². The number of pyridine rings is 1. The van der Waals surface area contributed by atoms with Gasteiger partial charge in [-0.25, -0.2) is 4.98 Å². The van der Waals surface area contributed by atoms with Crippen LogP contribution >= 0.6 is 0 Å². The largest absolute Gasteiger partial charge is 0.476 e. The van der Waals surface area contributed by atoms with Gasteiger partial charge in [0.05, 0.1) is 6.61 Å².